The Morgan fingerprint density at radius 1 is 1.00 bits per heavy atom. The number of rotatable bonds is 12. The summed E-state index contributed by atoms with van der Waals surface area (Å²) in [5, 5.41) is 0. The third-order valence-electron chi connectivity index (χ3n) is 6.17. The van der Waals surface area contributed by atoms with E-state index in [9.17, 15) is 4.79 Å². The highest BCUT2D eigenvalue weighted by Gasteiger charge is 2.23. The molecule has 33 heavy (non-hydrogen) atoms. The van der Waals surface area contributed by atoms with Gasteiger partial charge in [0.1, 0.15) is 11.5 Å². The van der Waals surface area contributed by atoms with Crippen LogP contribution >= 0.6 is 12.4 Å². The van der Waals surface area contributed by atoms with Crippen molar-refractivity contribution >= 4 is 18.4 Å². The van der Waals surface area contributed by atoms with Crippen molar-refractivity contribution in [1.82, 2.24) is 4.90 Å². The third kappa shape index (κ3) is 7.94. The molecule has 182 valence electrons. The number of unbranched alkanes of at least 4 members (excludes halogenated alkanes) is 1. The normalized spacial score (nSPS) is 14.8. The van der Waals surface area contributed by atoms with Gasteiger partial charge in [-0.15, -0.1) is 12.4 Å². The first-order valence-electron chi connectivity index (χ1n) is 11.9. The lowest BCUT2D eigenvalue weighted by Gasteiger charge is -2.34. The van der Waals surface area contributed by atoms with Crippen molar-refractivity contribution in [2.45, 2.75) is 58.4 Å². The molecule has 2 aromatic carbocycles. The number of nitrogens with zero attached hydrogens (tertiary/aromatic N) is 1. The SMILES string of the molecule is CCCOc1ccc(C(=O)OCCCCN(CC)C2CCc3cc(OC)ccc3C2)cc1.Cl. The molecule has 3 rings (SSSR count). The number of ether oxygens (including phenoxy) is 3. The van der Waals surface area contributed by atoms with E-state index in [0.717, 1.165) is 56.7 Å². The number of halogens is 1. The first-order chi connectivity index (χ1) is 15.6. The van der Waals surface area contributed by atoms with E-state index < -0.39 is 0 Å². The minimum absolute atomic E-state index is 0. The second-order valence-corrected chi connectivity index (χ2v) is 8.38. The molecular weight excluding hydrogens is 438 g/mol. The second kappa shape index (κ2) is 14.1. The maximum Gasteiger partial charge on any atom is 0.338 e. The zero-order chi connectivity index (χ0) is 22.8. The van der Waals surface area contributed by atoms with Gasteiger partial charge in [0, 0.05) is 6.04 Å². The van der Waals surface area contributed by atoms with Crippen LogP contribution in [0.1, 0.15) is 61.0 Å². The predicted molar refractivity (Wildman–Crippen MR) is 135 cm³/mol. The molecule has 6 heteroatoms. The number of benzene rings is 2. The fraction of sp³-hybridized carbons (Fsp3) is 0.519. The van der Waals surface area contributed by atoms with Crippen molar-refractivity contribution in [2.24, 2.45) is 0 Å². The summed E-state index contributed by atoms with van der Waals surface area (Å²) in [6.07, 6.45) is 6.24. The van der Waals surface area contributed by atoms with Crippen LogP contribution in [0.4, 0.5) is 0 Å². The zero-order valence-electron chi connectivity index (χ0n) is 20.2. The van der Waals surface area contributed by atoms with E-state index in [4.69, 9.17) is 14.2 Å². The number of aryl methyl sites for hydroxylation is 1. The Labute approximate surface area is 204 Å². The summed E-state index contributed by atoms with van der Waals surface area (Å²) in [6.45, 7) is 7.52. The topological polar surface area (TPSA) is 48.0 Å². The van der Waals surface area contributed by atoms with Gasteiger partial charge in [-0.05, 0) is 99.1 Å². The zero-order valence-corrected chi connectivity index (χ0v) is 21.0. The Morgan fingerprint density at radius 3 is 2.45 bits per heavy atom. The van der Waals surface area contributed by atoms with Gasteiger partial charge in [-0.25, -0.2) is 4.79 Å². The van der Waals surface area contributed by atoms with Gasteiger partial charge in [0.05, 0.1) is 25.9 Å². The van der Waals surface area contributed by atoms with Gasteiger partial charge in [-0.1, -0.05) is 19.9 Å². The van der Waals surface area contributed by atoms with E-state index in [1.165, 1.54) is 17.5 Å². The number of carbonyl (C=O) groups excluding carboxylic acids is 1. The molecule has 0 saturated heterocycles. The van der Waals surface area contributed by atoms with Crippen LogP contribution in [-0.2, 0) is 17.6 Å². The fourth-order valence-electron chi connectivity index (χ4n) is 4.32. The van der Waals surface area contributed by atoms with Gasteiger partial charge < -0.3 is 19.1 Å². The van der Waals surface area contributed by atoms with Crippen LogP contribution in [0.15, 0.2) is 42.5 Å². The molecule has 0 spiro atoms. The van der Waals surface area contributed by atoms with Crippen molar-refractivity contribution in [3.63, 3.8) is 0 Å². The standard InChI is InChI=1S/C27H37NO4.ClH/c1-4-17-31-25-13-9-21(10-14-25)27(29)32-18-7-6-16-28(5-2)24-12-8-23-20-26(30-3)15-11-22(23)19-24;/h9-11,13-15,20,24H,4-8,12,16-19H2,1-3H3;1H. The molecule has 0 radical (unpaired) electrons. The Hall–Kier alpha value is -2.24. The summed E-state index contributed by atoms with van der Waals surface area (Å²) in [6, 6.07) is 14.2. The fourth-order valence-corrected chi connectivity index (χ4v) is 4.32. The largest absolute Gasteiger partial charge is 0.497 e. The Kier molecular flexibility index (Phi) is 11.6. The molecule has 1 aliphatic carbocycles. The van der Waals surface area contributed by atoms with Crippen molar-refractivity contribution < 1.29 is 19.0 Å². The van der Waals surface area contributed by atoms with Gasteiger partial charge in [-0.3, -0.25) is 0 Å². The minimum atomic E-state index is -0.265. The molecule has 0 N–H and O–H groups in total. The summed E-state index contributed by atoms with van der Waals surface area (Å²) in [5.74, 6) is 1.47. The molecule has 0 amide bonds. The summed E-state index contributed by atoms with van der Waals surface area (Å²) in [7, 11) is 1.72. The monoisotopic (exact) mass is 475 g/mol. The Bertz CT molecular complexity index is 856. The molecule has 1 atom stereocenters. The van der Waals surface area contributed by atoms with E-state index >= 15 is 0 Å². The highest BCUT2D eigenvalue weighted by Crippen LogP contribution is 2.28. The smallest absolute Gasteiger partial charge is 0.338 e. The molecule has 0 aliphatic heterocycles. The van der Waals surface area contributed by atoms with E-state index in [1.54, 1.807) is 19.2 Å². The van der Waals surface area contributed by atoms with Crippen LogP contribution in [0.25, 0.3) is 0 Å². The van der Waals surface area contributed by atoms with Gasteiger partial charge >= 0.3 is 5.97 Å². The molecular formula is C27H38ClNO4. The second-order valence-electron chi connectivity index (χ2n) is 8.38. The van der Waals surface area contributed by atoms with Gasteiger partial charge in [-0.2, -0.15) is 0 Å². The van der Waals surface area contributed by atoms with Crippen molar-refractivity contribution in [1.29, 1.82) is 0 Å². The van der Waals surface area contributed by atoms with Crippen LogP contribution in [-0.4, -0.2) is 50.3 Å². The van der Waals surface area contributed by atoms with Crippen LogP contribution in [0.5, 0.6) is 11.5 Å². The molecule has 1 unspecified atom stereocenters. The number of esters is 1. The first-order valence-corrected chi connectivity index (χ1v) is 11.9. The number of hydrogen-bond acceptors (Lipinski definition) is 5. The van der Waals surface area contributed by atoms with E-state index in [2.05, 4.69) is 36.9 Å². The Morgan fingerprint density at radius 2 is 1.76 bits per heavy atom. The number of hydrogen-bond donors (Lipinski definition) is 0. The van der Waals surface area contributed by atoms with Gasteiger partial charge in [0.2, 0.25) is 0 Å². The molecule has 0 heterocycles. The van der Waals surface area contributed by atoms with Crippen LogP contribution in [0, 0.1) is 0 Å². The van der Waals surface area contributed by atoms with Crippen LogP contribution in [0.3, 0.4) is 0 Å². The summed E-state index contributed by atoms with van der Waals surface area (Å²) >= 11 is 0. The van der Waals surface area contributed by atoms with Crippen molar-refractivity contribution in [2.75, 3.05) is 33.4 Å². The Balaban J connectivity index is 0.00000385. The van der Waals surface area contributed by atoms with Gasteiger partial charge in [0.25, 0.3) is 0 Å². The van der Waals surface area contributed by atoms with E-state index in [0.29, 0.717) is 24.8 Å². The van der Waals surface area contributed by atoms with Crippen LogP contribution < -0.4 is 9.47 Å². The maximum atomic E-state index is 12.3. The van der Waals surface area contributed by atoms with Crippen molar-refractivity contribution in [3.8, 4) is 11.5 Å². The lowest BCUT2D eigenvalue weighted by Crippen LogP contribution is -2.39. The molecule has 2 aromatic rings. The average molecular weight is 476 g/mol. The number of likely N-dealkylation sites (N-methyl/N-ethyl adjacent to an activating group) is 1. The lowest BCUT2D eigenvalue weighted by atomic mass is 9.87. The number of carbonyl (C=O) groups is 1. The summed E-state index contributed by atoms with van der Waals surface area (Å²) in [5.41, 5.74) is 3.44. The predicted octanol–water partition coefficient (Wildman–Crippen LogP) is 5.72. The summed E-state index contributed by atoms with van der Waals surface area (Å²) < 4.78 is 16.4. The maximum absolute atomic E-state index is 12.3. The van der Waals surface area contributed by atoms with Crippen molar-refractivity contribution in [3.05, 3.63) is 59.2 Å². The van der Waals surface area contributed by atoms with E-state index in [-0.39, 0.29) is 18.4 Å². The molecule has 0 bridgehead atoms. The number of fused-ring (bicyclic) bond motifs is 1. The first kappa shape index (κ1) is 27.0. The minimum Gasteiger partial charge on any atom is -0.497 e. The average Bonchev–Trinajstić information content (AvgIpc) is 2.84. The summed E-state index contributed by atoms with van der Waals surface area (Å²) in [4.78, 5) is 14.8. The highest BCUT2D eigenvalue weighted by atomic mass is 35.5. The number of methoxy groups -OCH3 is 1. The van der Waals surface area contributed by atoms with E-state index in [1.807, 2.05) is 12.1 Å². The molecule has 0 aromatic heterocycles. The highest BCUT2D eigenvalue weighted by molar-refractivity contribution is 5.89. The van der Waals surface area contributed by atoms with Gasteiger partial charge in [0.15, 0.2) is 0 Å². The van der Waals surface area contributed by atoms with Crippen LogP contribution in [0.2, 0.25) is 0 Å². The third-order valence-corrected chi connectivity index (χ3v) is 6.17. The quantitative estimate of drug-likeness (QED) is 0.290. The lowest BCUT2D eigenvalue weighted by molar-refractivity contribution is 0.0492. The molecule has 0 saturated carbocycles. The molecule has 5 nitrogen and oxygen atoms in total. The molecule has 1 aliphatic rings. The molecule has 0 fully saturated rings.